The van der Waals surface area contributed by atoms with Crippen molar-refractivity contribution in [3.8, 4) is 0 Å². The molecule has 4 bridgehead atoms. The SMILES string of the molecule is CC(C)[Si](O[C@H]1C[C@@H]2[C@@H](O[Si](C(C)C)(C(C)C)C(C)C)[C@H](C1)[C@H]1C(=O)C[C@@H]2C12CC2)(C(C)C)C(C)C. The smallest absolute Gasteiger partial charge is 0.200 e. The van der Waals surface area contributed by atoms with Gasteiger partial charge in [0.15, 0.2) is 0 Å². The molecular formula is C31H58O3Si2. The van der Waals surface area contributed by atoms with Crippen LogP contribution in [0.15, 0.2) is 0 Å². The molecule has 4 fully saturated rings. The van der Waals surface area contributed by atoms with Gasteiger partial charge >= 0.3 is 0 Å². The van der Waals surface area contributed by atoms with Crippen LogP contribution in [0.2, 0.25) is 33.2 Å². The first-order valence-electron chi connectivity index (χ1n) is 15.5. The van der Waals surface area contributed by atoms with Gasteiger partial charge in [-0.25, -0.2) is 0 Å². The molecule has 6 atom stereocenters. The Labute approximate surface area is 225 Å². The van der Waals surface area contributed by atoms with Crippen LogP contribution in [0.5, 0.6) is 0 Å². The fourth-order valence-corrected chi connectivity index (χ4v) is 22.0. The van der Waals surface area contributed by atoms with E-state index in [0.29, 0.717) is 68.3 Å². The molecule has 1 spiro atoms. The fourth-order valence-electron chi connectivity index (χ4n) is 10.8. The number of hydrogen-bond acceptors (Lipinski definition) is 3. The van der Waals surface area contributed by atoms with Crippen LogP contribution < -0.4 is 0 Å². The maximum absolute atomic E-state index is 13.6. The minimum atomic E-state index is -2.03. The Morgan fingerprint density at radius 2 is 1.08 bits per heavy atom. The van der Waals surface area contributed by atoms with Crippen LogP contribution in [0.4, 0.5) is 0 Å². The second-order valence-electron chi connectivity index (χ2n) is 15.2. The fraction of sp³-hybridized carbons (Fsp3) is 0.968. The molecule has 5 heteroatoms. The van der Waals surface area contributed by atoms with Crippen molar-refractivity contribution in [3.63, 3.8) is 0 Å². The average molecular weight is 535 g/mol. The molecule has 4 saturated carbocycles. The zero-order valence-electron chi connectivity index (χ0n) is 25.7. The highest BCUT2D eigenvalue weighted by molar-refractivity contribution is 6.78. The number of carbonyl (C=O) groups is 1. The van der Waals surface area contributed by atoms with Gasteiger partial charge in [0.05, 0.1) is 6.10 Å². The van der Waals surface area contributed by atoms with Gasteiger partial charge in [-0.15, -0.1) is 0 Å². The van der Waals surface area contributed by atoms with E-state index in [0.717, 1.165) is 19.3 Å². The Balaban J connectivity index is 1.71. The molecule has 0 saturated heterocycles. The first-order chi connectivity index (χ1) is 16.7. The molecule has 0 aromatic carbocycles. The van der Waals surface area contributed by atoms with E-state index in [4.69, 9.17) is 8.85 Å². The predicted molar refractivity (Wildman–Crippen MR) is 156 cm³/mol. The molecular weight excluding hydrogens is 477 g/mol. The Morgan fingerprint density at radius 1 is 0.667 bits per heavy atom. The summed E-state index contributed by atoms with van der Waals surface area (Å²) in [6, 6.07) is 0. The van der Waals surface area contributed by atoms with Crippen LogP contribution in [-0.4, -0.2) is 34.6 Å². The minimum Gasteiger partial charge on any atom is -0.413 e. The molecule has 0 aromatic heterocycles. The van der Waals surface area contributed by atoms with Gasteiger partial charge in [0.2, 0.25) is 16.6 Å². The van der Waals surface area contributed by atoms with Gasteiger partial charge in [0.1, 0.15) is 5.78 Å². The molecule has 0 aliphatic heterocycles. The molecule has 0 heterocycles. The van der Waals surface area contributed by atoms with Gasteiger partial charge in [-0.3, -0.25) is 4.79 Å². The summed E-state index contributed by atoms with van der Waals surface area (Å²) in [5, 5.41) is 0. The normalized spacial score (nSPS) is 33.9. The molecule has 0 N–H and O–H groups in total. The maximum Gasteiger partial charge on any atom is 0.200 e. The van der Waals surface area contributed by atoms with Crippen molar-refractivity contribution >= 4 is 22.4 Å². The highest BCUT2D eigenvalue weighted by Gasteiger charge is 2.72. The van der Waals surface area contributed by atoms with Crippen molar-refractivity contribution in [3.05, 3.63) is 0 Å². The lowest BCUT2D eigenvalue weighted by molar-refractivity contribution is -0.135. The van der Waals surface area contributed by atoms with E-state index >= 15 is 0 Å². The van der Waals surface area contributed by atoms with Crippen LogP contribution in [0, 0.1) is 29.1 Å². The number of hydrogen-bond donors (Lipinski definition) is 0. The summed E-state index contributed by atoms with van der Waals surface area (Å²) < 4.78 is 15.1. The summed E-state index contributed by atoms with van der Waals surface area (Å²) in [7, 11) is -3.99. The van der Waals surface area contributed by atoms with E-state index in [9.17, 15) is 4.79 Å². The van der Waals surface area contributed by atoms with Crippen molar-refractivity contribution in [1.29, 1.82) is 0 Å². The van der Waals surface area contributed by atoms with Gasteiger partial charge < -0.3 is 8.85 Å². The van der Waals surface area contributed by atoms with Crippen molar-refractivity contribution in [2.75, 3.05) is 0 Å². The highest BCUT2D eigenvalue weighted by atomic mass is 28.4. The van der Waals surface area contributed by atoms with Crippen molar-refractivity contribution in [1.82, 2.24) is 0 Å². The number of fused-ring (bicyclic) bond motifs is 4. The van der Waals surface area contributed by atoms with Crippen molar-refractivity contribution in [2.24, 2.45) is 29.1 Å². The molecule has 36 heavy (non-hydrogen) atoms. The summed E-state index contributed by atoms with van der Waals surface area (Å²) in [6.45, 7) is 28.9. The van der Waals surface area contributed by atoms with Gasteiger partial charge in [-0.1, -0.05) is 83.1 Å². The van der Waals surface area contributed by atoms with E-state index < -0.39 is 16.6 Å². The molecule has 4 aliphatic carbocycles. The number of rotatable bonds is 10. The van der Waals surface area contributed by atoms with Crippen LogP contribution in [0.1, 0.15) is 115 Å². The third-order valence-corrected chi connectivity index (χ3v) is 24.2. The van der Waals surface area contributed by atoms with E-state index in [2.05, 4.69) is 83.1 Å². The summed E-state index contributed by atoms with van der Waals surface area (Å²) in [5.41, 5.74) is 3.87. The first kappa shape index (κ1) is 29.0. The number of ketones is 1. The summed E-state index contributed by atoms with van der Waals surface area (Å²) >= 11 is 0. The van der Waals surface area contributed by atoms with Crippen LogP contribution in [0.3, 0.4) is 0 Å². The second kappa shape index (κ2) is 9.89. The van der Waals surface area contributed by atoms with Gasteiger partial charge in [-0.2, -0.15) is 0 Å². The Morgan fingerprint density at radius 3 is 1.50 bits per heavy atom. The van der Waals surface area contributed by atoms with Gasteiger partial charge in [0.25, 0.3) is 0 Å². The predicted octanol–water partition coefficient (Wildman–Crippen LogP) is 9.13. The van der Waals surface area contributed by atoms with E-state index in [1.54, 1.807) is 0 Å². The molecule has 208 valence electrons. The number of carbonyl (C=O) groups excluding carboxylic acids is 1. The van der Waals surface area contributed by atoms with Gasteiger partial charge in [-0.05, 0) is 82.1 Å². The average Bonchev–Trinajstić information content (AvgIpc) is 3.48. The third kappa shape index (κ3) is 4.11. The molecule has 0 aromatic rings. The topological polar surface area (TPSA) is 35.5 Å². The van der Waals surface area contributed by atoms with E-state index in [-0.39, 0.29) is 12.0 Å². The number of Topliss-reactive ketones (excluding diaryl/α,β-unsaturated/α-hetero) is 1. The lowest BCUT2D eigenvalue weighted by atomic mass is 9.57. The van der Waals surface area contributed by atoms with Crippen LogP contribution in [0.25, 0.3) is 0 Å². The van der Waals surface area contributed by atoms with Crippen molar-refractivity contribution < 1.29 is 13.6 Å². The second-order valence-corrected chi connectivity index (χ2v) is 26.1. The summed E-state index contributed by atoms with van der Waals surface area (Å²) in [6.07, 6.45) is 6.12. The monoisotopic (exact) mass is 534 g/mol. The van der Waals surface area contributed by atoms with Crippen molar-refractivity contribution in [2.45, 2.75) is 161 Å². The molecule has 3 nitrogen and oxygen atoms in total. The minimum absolute atomic E-state index is 0.238. The molecule has 4 rings (SSSR count). The zero-order valence-corrected chi connectivity index (χ0v) is 27.7. The zero-order chi connectivity index (χ0) is 27.0. The molecule has 0 amide bonds. The van der Waals surface area contributed by atoms with E-state index in [1.165, 1.54) is 12.8 Å². The van der Waals surface area contributed by atoms with Gasteiger partial charge in [0, 0.05) is 18.4 Å². The van der Waals surface area contributed by atoms with E-state index in [1.807, 2.05) is 0 Å². The quantitative estimate of drug-likeness (QED) is 0.262. The Bertz CT molecular complexity index is 769. The Kier molecular flexibility index (Phi) is 7.97. The summed E-state index contributed by atoms with van der Waals surface area (Å²) in [5.74, 6) is 2.21. The lowest BCUT2D eigenvalue weighted by Gasteiger charge is -2.57. The standard InChI is InChI=1S/C31H58O3Si2/c1-18(2)35(19(3)4,20(5)6)33-24-15-25-27-17-28(32)29(31(27)13-14-31)26(16-24)30(25)34-36(21(7)8,22(9)10)23(11)12/h18-27,29-30H,13-17H2,1-12H3/t24-,25-,26+,27-,29-,30+/m0/s1. The largest absolute Gasteiger partial charge is 0.413 e. The maximum atomic E-state index is 13.6. The molecule has 0 radical (unpaired) electrons. The highest BCUT2D eigenvalue weighted by Crippen LogP contribution is 2.73. The van der Waals surface area contributed by atoms with Crippen LogP contribution >= 0.6 is 0 Å². The van der Waals surface area contributed by atoms with Crippen LogP contribution in [-0.2, 0) is 13.6 Å². The Hall–Kier alpha value is 0.0238. The summed E-state index contributed by atoms with van der Waals surface area (Å²) in [4.78, 5) is 13.6. The molecule has 0 unspecified atom stereocenters. The first-order valence-corrected chi connectivity index (χ1v) is 19.8. The third-order valence-electron chi connectivity index (χ3n) is 11.9. The lowest BCUT2D eigenvalue weighted by Crippen LogP contribution is -2.61. The molecule has 4 aliphatic rings.